The summed E-state index contributed by atoms with van der Waals surface area (Å²) >= 11 is 0. The van der Waals surface area contributed by atoms with Gasteiger partial charge in [0.15, 0.2) is 0 Å². The maximum atomic E-state index is 11.7. The molecule has 2 N–H and O–H groups in total. The minimum Gasteiger partial charge on any atom is -0.481 e. The second-order valence-corrected chi connectivity index (χ2v) is 4.26. The van der Waals surface area contributed by atoms with E-state index in [-0.39, 0.29) is 12.6 Å². The molecule has 0 aliphatic rings. The number of hydrogen-bond acceptors (Lipinski definition) is 2. The molecule has 0 bridgehead atoms. The van der Waals surface area contributed by atoms with Crippen LogP contribution in [0.1, 0.15) is 12.5 Å². The van der Waals surface area contributed by atoms with Gasteiger partial charge in [-0.1, -0.05) is 37.3 Å². The van der Waals surface area contributed by atoms with Crippen molar-refractivity contribution in [2.75, 3.05) is 13.6 Å². The molecule has 0 aliphatic heterocycles. The van der Waals surface area contributed by atoms with E-state index in [1.54, 1.807) is 14.0 Å². The van der Waals surface area contributed by atoms with Crippen LogP contribution in [0.25, 0.3) is 0 Å². The molecule has 98 valence electrons. The predicted octanol–water partition coefficient (Wildman–Crippen LogP) is 1.55. The highest BCUT2D eigenvalue weighted by atomic mass is 16.4. The van der Waals surface area contributed by atoms with Gasteiger partial charge in [-0.15, -0.1) is 0 Å². The van der Waals surface area contributed by atoms with Gasteiger partial charge in [-0.2, -0.15) is 0 Å². The fraction of sp³-hybridized carbons (Fsp3) is 0.385. The number of rotatable bonds is 5. The molecule has 18 heavy (non-hydrogen) atoms. The summed E-state index contributed by atoms with van der Waals surface area (Å²) in [6, 6.07) is 9.27. The van der Waals surface area contributed by atoms with Crippen LogP contribution in [0.15, 0.2) is 30.3 Å². The Morgan fingerprint density at radius 2 is 1.94 bits per heavy atom. The lowest BCUT2D eigenvalue weighted by molar-refractivity contribution is -0.141. The largest absolute Gasteiger partial charge is 0.481 e. The predicted molar refractivity (Wildman–Crippen MR) is 68.1 cm³/mol. The zero-order valence-corrected chi connectivity index (χ0v) is 10.6. The third kappa shape index (κ3) is 4.45. The molecule has 0 heterocycles. The van der Waals surface area contributed by atoms with Crippen molar-refractivity contribution >= 4 is 12.0 Å². The molecule has 1 aromatic rings. The molecule has 1 rings (SSSR count). The lowest BCUT2D eigenvalue weighted by Crippen LogP contribution is -2.40. The van der Waals surface area contributed by atoms with Gasteiger partial charge in [0.05, 0.1) is 5.92 Å². The minimum atomic E-state index is -0.905. The van der Waals surface area contributed by atoms with E-state index in [4.69, 9.17) is 5.11 Å². The number of carboxylic acid groups (broad SMARTS) is 1. The van der Waals surface area contributed by atoms with Gasteiger partial charge in [0.25, 0.3) is 0 Å². The van der Waals surface area contributed by atoms with Crippen molar-refractivity contribution in [3.63, 3.8) is 0 Å². The molecular formula is C13H18N2O3. The number of aliphatic carboxylic acids is 1. The highest BCUT2D eigenvalue weighted by Crippen LogP contribution is 2.00. The average Bonchev–Trinajstić information content (AvgIpc) is 2.36. The number of hydrogen-bond donors (Lipinski definition) is 2. The van der Waals surface area contributed by atoms with Gasteiger partial charge in [0.1, 0.15) is 0 Å². The van der Waals surface area contributed by atoms with Crippen molar-refractivity contribution in [3.8, 4) is 0 Å². The lowest BCUT2D eigenvalue weighted by Gasteiger charge is -2.20. The molecule has 5 nitrogen and oxygen atoms in total. The van der Waals surface area contributed by atoms with Crippen LogP contribution < -0.4 is 5.32 Å². The maximum Gasteiger partial charge on any atom is 0.317 e. The third-order valence-electron chi connectivity index (χ3n) is 2.60. The maximum absolute atomic E-state index is 11.7. The summed E-state index contributed by atoms with van der Waals surface area (Å²) in [7, 11) is 1.58. The molecule has 1 unspecified atom stereocenters. The Kier molecular flexibility index (Phi) is 5.17. The summed E-state index contributed by atoms with van der Waals surface area (Å²) in [6.45, 7) is 2.20. The summed E-state index contributed by atoms with van der Waals surface area (Å²) < 4.78 is 0. The van der Waals surface area contributed by atoms with Gasteiger partial charge in [-0.3, -0.25) is 4.79 Å². The van der Waals surface area contributed by atoms with E-state index in [1.807, 2.05) is 30.3 Å². The number of nitrogens with zero attached hydrogens (tertiary/aromatic N) is 1. The molecule has 0 spiro atoms. The fourth-order valence-electron chi connectivity index (χ4n) is 1.48. The first-order valence-corrected chi connectivity index (χ1v) is 5.76. The number of urea groups is 1. The number of nitrogens with one attached hydrogen (secondary N) is 1. The van der Waals surface area contributed by atoms with Gasteiger partial charge < -0.3 is 15.3 Å². The first-order chi connectivity index (χ1) is 8.50. The Morgan fingerprint density at radius 3 is 2.50 bits per heavy atom. The van der Waals surface area contributed by atoms with E-state index >= 15 is 0 Å². The SMILES string of the molecule is CC(CN(C)C(=O)NCc1ccccc1)C(=O)O. The van der Waals surface area contributed by atoms with Crippen molar-refractivity contribution in [2.24, 2.45) is 5.92 Å². The van der Waals surface area contributed by atoms with Crippen LogP contribution in [-0.4, -0.2) is 35.6 Å². The molecule has 2 amide bonds. The van der Waals surface area contributed by atoms with E-state index in [0.717, 1.165) is 5.56 Å². The molecule has 0 saturated heterocycles. The van der Waals surface area contributed by atoms with Crippen LogP contribution in [-0.2, 0) is 11.3 Å². The Hall–Kier alpha value is -2.04. The molecular weight excluding hydrogens is 232 g/mol. The fourth-order valence-corrected chi connectivity index (χ4v) is 1.48. The van der Waals surface area contributed by atoms with Gasteiger partial charge in [0, 0.05) is 20.1 Å². The van der Waals surface area contributed by atoms with E-state index in [9.17, 15) is 9.59 Å². The highest BCUT2D eigenvalue weighted by Gasteiger charge is 2.16. The summed E-state index contributed by atoms with van der Waals surface area (Å²) in [4.78, 5) is 23.8. The summed E-state index contributed by atoms with van der Waals surface area (Å²) in [5.74, 6) is -1.48. The van der Waals surface area contributed by atoms with E-state index in [2.05, 4.69) is 5.32 Å². The smallest absolute Gasteiger partial charge is 0.317 e. The standard InChI is InChI=1S/C13H18N2O3/c1-10(12(16)17)9-15(2)13(18)14-8-11-6-4-3-5-7-11/h3-7,10H,8-9H2,1-2H3,(H,14,18)(H,16,17). The van der Waals surface area contributed by atoms with Crippen molar-refractivity contribution in [3.05, 3.63) is 35.9 Å². The number of carbonyl (C=O) groups is 2. The molecule has 0 radical (unpaired) electrons. The molecule has 1 aromatic carbocycles. The van der Waals surface area contributed by atoms with Crippen LogP contribution in [0, 0.1) is 5.92 Å². The Labute approximate surface area is 106 Å². The summed E-state index contributed by atoms with van der Waals surface area (Å²) in [5.41, 5.74) is 1.01. The number of carbonyl (C=O) groups excluding carboxylic acids is 1. The Balaban J connectivity index is 2.39. The lowest BCUT2D eigenvalue weighted by atomic mass is 10.2. The summed E-state index contributed by atoms with van der Waals surface area (Å²) in [5, 5.41) is 11.5. The highest BCUT2D eigenvalue weighted by molar-refractivity contribution is 5.75. The van der Waals surface area contributed by atoms with Crippen LogP contribution in [0.3, 0.4) is 0 Å². The van der Waals surface area contributed by atoms with Gasteiger partial charge in [-0.25, -0.2) is 4.79 Å². The number of amides is 2. The number of benzene rings is 1. The van der Waals surface area contributed by atoms with Gasteiger partial charge in [-0.05, 0) is 5.56 Å². The first kappa shape index (κ1) is 14.0. The Bertz CT molecular complexity index is 406. The molecule has 1 atom stereocenters. The van der Waals surface area contributed by atoms with Crippen molar-refractivity contribution in [2.45, 2.75) is 13.5 Å². The van der Waals surface area contributed by atoms with Gasteiger partial charge >= 0.3 is 12.0 Å². The Morgan fingerprint density at radius 1 is 1.33 bits per heavy atom. The second kappa shape index (κ2) is 6.64. The third-order valence-corrected chi connectivity index (χ3v) is 2.60. The topological polar surface area (TPSA) is 69.6 Å². The van der Waals surface area contributed by atoms with Crippen LogP contribution >= 0.6 is 0 Å². The van der Waals surface area contributed by atoms with Crippen molar-refractivity contribution < 1.29 is 14.7 Å². The van der Waals surface area contributed by atoms with Crippen LogP contribution in [0.5, 0.6) is 0 Å². The van der Waals surface area contributed by atoms with E-state index in [0.29, 0.717) is 6.54 Å². The quantitative estimate of drug-likeness (QED) is 0.833. The monoisotopic (exact) mass is 250 g/mol. The number of carboxylic acids is 1. The molecule has 5 heteroatoms. The van der Waals surface area contributed by atoms with E-state index < -0.39 is 11.9 Å². The van der Waals surface area contributed by atoms with Crippen LogP contribution in [0.2, 0.25) is 0 Å². The molecule has 0 aliphatic carbocycles. The molecule has 0 saturated carbocycles. The normalized spacial score (nSPS) is 11.7. The van der Waals surface area contributed by atoms with Crippen molar-refractivity contribution in [1.29, 1.82) is 0 Å². The van der Waals surface area contributed by atoms with Gasteiger partial charge in [0.2, 0.25) is 0 Å². The molecule has 0 aromatic heterocycles. The zero-order valence-electron chi connectivity index (χ0n) is 10.6. The van der Waals surface area contributed by atoms with Crippen LogP contribution in [0.4, 0.5) is 4.79 Å². The first-order valence-electron chi connectivity index (χ1n) is 5.76. The summed E-state index contributed by atoms with van der Waals surface area (Å²) in [6.07, 6.45) is 0. The average molecular weight is 250 g/mol. The second-order valence-electron chi connectivity index (χ2n) is 4.26. The van der Waals surface area contributed by atoms with Crippen molar-refractivity contribution in [1.82, 2.24) is 10.2 Å². The zero-order chi connectivity index (χ0) is 13.5. The van der Waals surface area contributed by atoms with E-state index in [1.165, 1.54) is 4.90 Å². The minimum absolute atomic E-state index is 0.190. The molecule has 0 fully saturated rings.